The Morgan fingerprint density at radius 2 is 2.38 bits per heavy atom. The van der Waals surface area contributed by atoms with Gasteiger partial charge in [-0.1, -0.05) is 0 Å². The molecule has 70 valence electrons. The molecule has 0 atom stereocenters. The molecule has 4 heteroatoms. The second kappa shape index (κ2) is 4.57. The third-order valence-electron chi connectivity index (χ3n) is 1.69. The smallest absolute Gasteiger partial charge is 0.248 e. The summed E-state index contributed by atoms with van der Waals surface area (Å²) in [5.41, 5.74) is 6.34. The van der Waals surface area contributed by atoms with Crippen LogP contribution in [0.1, 0.15) is 22.5 Å². The van der Waals surface area contributed by atoms with E-state index in [1.54, 1.807) is 18.3 Å². The Bertz CT molecular complexity index is 299. The summed E-state index contributed by atoms with van der Waals surface area (Å²) < 4.78 is 0. The monoisotopic (exact) mass is 180 g/mol. The van der Waals surface area contributed by atoms with E-state index >= 15 is 0 Å². The molecule has 0 unspecified atom stereocenters. The highest BCUT2D eigenvalue weighted by molar-refractivity contribution is 5.92. The number of amides is 1. The summed E-state index contributed by atoms with van der Waals surface area (Å²) in [7, 11) is 0. The van der Waals surface area contributed by atoms with Crippen LogP contribution >= 0.6 is 0 Å². The third-order valence-corrected chi connectivity index (χ3v) is 1.69. The van der Waals surface area contributed by atoms with Gasteiger partial charge < -0.3 is 10.8 Å². The van der Waals surface area contributed by atoms with Gasteiger partial charge in [-0.05, 0) is 25.0 Å². The first kappa shape index (κ1) is 9.67. The van der Waals surface area contributed by atoms with E-state index in [9.17, 15) is 4.79 Å². The van der Waals surface area contributed by atoms with Gasteiger partial charge in [-0.15, -0.1) is 0 Å². The lowest BCUT2D eigenvalue weighted by atomic mass is 10.1. The lowest BCUT2D eigenvalue weighted by molar-refractivity contribution is 0.1000. The number of nitrogens with zero attached hydrogens (tertiary/aromatic N) is 1. The molecule has 0 spiro atoms. The van der Waals surface area contributed by atoms with E-state index in [4.69, 9.17) is 10.8 Å². The van der Waals surface area contributed by atoms with Gasteiger partial charge in [-0.3, -0.25) is 9.78 Å². The van der Waals surface area contributed by atoms with Gasteiger partial charge in [0.1, 0.15) is 0 Å². The number of carbonyl (C=O) groups excluding carboxylic acids is 1. The highest BCUT2D eigenvalue weighted by Crippen LogP contribution is 2.03. The minimum atomic E-state index is -0.451. The summed E-state index contributed by atoms with van der Waals surface area (Å²) >= 11 is 0. The Hall–Kier alpha value is -1.42. The van der Waals surface area contributed by atoms with Crippen LogP contribution < -0.4 is 5.73 Å². The van der Waals surface area contributed by atoms with E-state index in [-0.39, 0.29) is 6.61 Å². The molecule has 1 heterocycles. The molecule has 1 rings (SSSR count). The Kier molecular flexibility index (Phi) is 3.40. The number of carbonyl (C=O) groups is 1. The molecule has 0 saturated carbocycles. The van der Waals surface area contributed by atoms with Gasteiger partial charge in [0.05, 0.1) is 0 Å². The Balaban J connectivity index is 2.73. The number of aryl methyl sites for hydroxylation is 1. The normalized spacial score (nSPS) is 9.92. The van der Waals surface area contributed by atoms with Crippen LogP contribution in [-0.4, -0.2) is 22.6 Å². The van der Waals surface area contributed by atoms with Crippen LogP contribution in [0.15, 0.2) is 18.3 Å². The van der Waals surface area contributed by atoms with Crippen molar-refractivity contribution >= 4 is 5.91 Å². The number of aliphatic hydroxyl groups is 1. The second-order valence-electron chi connectivity index (χ2n) is 2.73. The number of pyridine rings is 1. The highest BCUT2D eigenvalue weighted by Gasteiger charge is 2.01. The fraction of sp³-hybridized carbons (Fsp3) is 0.333. The van der Waals surface area contributed by atoms with Crippen LogP contribution in [0, 0.1) is 0 Å². The maximum absolute atomic E-state index is 10.8. The molecule has 0 fully saturated rings. The van der Waals surface area contributed by atoms with E-state index < -0.39 is 5.91 Å². The highest BCUT2D eigenvalue weighted by atomic mass is 16.2. The first-order valence-electron chi connectivity index (χ1n) is 4.09. The average molecular weight is 180 g/mol. The van der Waals surface area contributed by atoms with Crippen molar-refractivity contribution in [2.45, 2.75) is 12.8 Å². The van der Waals surface area contributed by atoms with Gasteiger partial charge in [0.25, 0.3) is 0 Å². The standard InChI is InChI=1S/C9H12N2O2/c10-9(13)7-3-4-11-8(6-7)2-1-5-12/h3-4,6,12H,1-2,5H2,(H2,10,13). The van der Waals surface area contributed by atoms with Crippen LogP contribution in [0.4, 0.5) is 0 Å². The predicted octanol–water partition coefficient (Wildman–Crippen LogP) is 0.105. The number of nitrogens with two attached hydrogens (primary N) is 1. The lowest BCUT2D eigenvalue weighted by Gasteiger charge is -1.99. The average Bonchev–Trinajstić information content (AvgIpc) is 2.15. The fourth-order valence-corrected chi connectivity index (χ4v) is 1.03. The Morgan fingerprint density at radius 3 is 3.00 bits per heavy atom. The maximum Gasteiger partial charge on any atom is 0.248 e. The minimum Gasteiger partial charge on any atom is -0.396 e. The summed E-state index contributed by atoms with van der Waals surface area (Å²) in [5.74, 6) is -0.451. The number of aromatic nitrogens is 1. The van der Waals surface area contributed by atoms with E-state index in [2.05, 4.69) is 4.98 Å². The van der Waals surface area contributed by atoms with Crippen LogP contribution in [0.3, 0.4) is 0 Å². The van der Waals surface area contributed by atoms with Crippen molar-refractivity contribution in [1.29, 1.82) is 0 Å². The molecule has 4 nitrogen and oxygen atoms in total. The second-order valence-corrected chi connectivity index (χ2v) is 2.73. The first-order valence-corrected chi connectivity index (χ1v) is 4.09. The molecule has 0 bridgehead atoms. The summed E-state index contributed by atoms with van der Waals surface area (Å²) in [6.45, 7) is 0.127. The molecule has 0 saturated heterocycles. The van der Waals surface area contributed by atoms with Gasteiger partial charge in [0, 0.05) is 24.1 Å². The Labute approximate surface area is 76.4 Å². The summed E-state index contributed by atoms with van der Waals surface area (Å²) in [6.07, 6.45) is 2.86. The van der Waals surface area contributed by atoms with Gasteiger partial charge in [0.15, 0.2) is 0 Å². The fourth-order valence-electron chi connectivity index (χ4n) is 1.03. The molecule has 1 amide bonds. The Morgan fingerprint density at radius 1 is 1.62 bits per heavy atom. The van der Waals surface area contributed by atoms with Crippen molar-refractivity contribution < 1.29 is 9.90 Å². The topological polar surface area (TPSA) is 76.2 Å². The molecule has 0 aliphatic carbocycles. The molecule has 0 aliphatic rings. The van der Waals surface area contributed by atoms with Crippen molar-refractivity contribution in [3.63, 3.8) is 0 Å². The van der Waals surface area contributed by atoms with E-state index in [0.29, 0.717) is 18.4 Å². The number of hydrogen-bond donors (Lipinski definition) is 2. The van der Waals surface area contributed by atoms with E-state index in [1.165, 1.54) is 0 Å². The third kappa shape index (κ3) is 2.83. The zero-order valence-electron chi connectivity index (χ0n) is 7.23. The van der Waals surface area contributed by atoms with Crippen LogP contribution in [0.2, 0.25) is 0 Å². The van der Waals surface area contributed by atoms with Gasteiger partial charge in [-0.25, -0.2) is 0 Å². The van der Waals surface area contributed by atoms with Crippen molar-refractivity contribution in [2.24, 2.45) is 5.73 Å². The molecule has 0 aliphatic heterocycles. The largest absolute Gasteiger partial charge is 0.396 e. The zero-order valence-corrected chi connectivity index (χ0v) is 7.23. The molecule has 0 radical (unpaired) electrons. The lowest BCUT2D eigenvalue weighted by Crippen LogP contribution is -2.11. The molecule has 0 aromatic carbocycles. The van der Waals surface area contributed by atoms with Crippen molar-refractivity contribution in [3.05, 3.63) is 29.6 Å². The number of aliphatic hydroxyl groups excluding tert-OH is 1. The number of hydrogen-bond acceptors (Lipinski definition) is 3. The molecule has 13 heavy (non-hydrogen) atoms. The number of primary amides is 1. The first-order chi connectivity index (χ1) is 6.24. The molecule has 3 N–H and O–H groups in total. The predicted molar refractivity (Wildman–Crippen MR) is 48.2 cm³/mol. The minimum absolute atomic E-state index is 0.127. The molecule has 1 aromatic heterocycles. The van der Waals surface area contributed by atoms with Gasteiger partial charge in [0.2, 0.25) is 5.91 Å². The van der Waals surface area contributed by atoms with Crippen molar-refractivity contribution in [3.8, 4) is 0 Å². The molecule has 1 aromatic rings. The van der Waals surface area contributed by atoms with E-state index in [0.717, 1.165) is 5.69 Å². The van der Waals surface area contributed by atoms with Gasteiger partial charge >= 0.3 is 0 Å². The zero-order chi connectivity index (χ0) is 9.68. The summed E-state index contributed by atoms with van der Waals surface area (Å²) in [5, 5.41) is 8.59. The van der Waals surface area contributed by atoms with Crippen molar-refractivity contribution in [1.82, 2.24) is 4.98 Å². The SMILES string of the molecule is NC(=O)c1ccnc(CCCO)c1. The van der Waals surface area contributed by atoms with Gasteiger partial charge in [-0.2, -0.15) is 0 Å². The molecular weight excluding hydrogens is 168 g/mol. The molecular formula is C9H12N2O2. The maximum atomic E-state index is 10.8. The van der Waals surface area contributed by atoms with Crippen LogP contribution in [-0.2, 0) is 6.42 Å². The quantitative estimate of drug-likeness (QED) is 0.690. The van der Waals surface area contributed by atoms with Crippen LogP contribution in [0.25, 0.3) is 0 Å². The number of rotatable bonds is 4. The summed E-state index contributed by atoms with van der Waals surface area (Å²) in [6, 6.07) is 3.22. The van der Waals surface area contributed by atoms with E-state index in [1.807, 2.05) is 0 Å². The van der Waals surface area contributed by atoms with Crippen molar-refractivity contribution in [2.75, 3.05) is 6.61 Å². The summed E-state index contributed by atoms with van der Waals surface area (Å²) in [4.78, 5) is 14.8. The van der Waals surface area contributed by atoms with Crippen LogP contribution in [0.5, 0.6) is 0 Å².